The van der Waals surface area contributed by atoms with Gasteiger partial charge in [-0.05, 0) is 12.8 Å². The molecule has 0 fully saturated rings. The zero-order valence-electron chi connectivity index (χ0n) is 10.1. The van der Waals surface area contributed by atoms with Crippen molar-refractivity contribution in [2.45, 2.75) is 18.0 Å². The van der Waals surface area contributed by atoms with Gasteiger partial charge >= 0.3 is 0 Å². The summed E-state index contributed by atoms with van der Waals surface area (Å²) in [4.78, 5) is 10.1. The lowest BCUT2D eigenvalue weighted by atomic mass is 10.2. The molecule has 96 valence electrons. The summed E-state index contributed by atoms with van der Waals surface area (Å²) in [6, 6.07) is 0. The number of nitrogens with one attached hydrogen (secondary N) is 1. The number of rotatable bonds is 1. The van der Waals surface area contributed by atoms with Crippen molar-refractivity contribution in [2.24, 2.45) is 0 Å². The molecular formula is C10H13N5O2S. The average molecular weight is 267 g/mol. The number of hydrogen-bond acceptors (Lipinski definition) is 6. The normalized spacial score (nSPS) is 16.0. The van der Waals surface area contributed by atoms with E-state index in [2.05, 4.69) is 20.2 Å². The van der Waals surface area contributed by atoms with Crippen LogP contribution in [-0.2, 0) is 16.3 Å². The van der Waals surface area contributed by atoms with Gasteiger partial charge in [-0.2, -0.15) is 10.1 Å². The van der Waals surface area contributed by atoms with Crippen LogP contribution in [0, 0.1) is 0 Å². The van der Waals surface area contributed by atoms with Crippen LogP contribution in [0.1, 0.15) is 12.1 Å². The average Bonchev–Trinajstić information content (AvgIpc) is 2.62. The topological polar surface area (TPSA) is 91.8 Å². The fraction of sp³-hybridized carbons (Fsp3) is 0.500. The Morgan fingerprint density at radius 3 is 2.83 bits per heavy atom. The molecule has 0 amide bonds. The summed E-state index contributed by atoms with van der Waals surface area (Å²) in [7, 11) is -1.53. The van der Waals surface area contributed by atoms with E-state index in [1.807, 2.05) is 11.9 Å². The first-order valence-electron chi connectivity index (χ1n) is 5.63. The number of aromatic nitrogens is 4. The monoisotopic (exact) mass is 267 g/mol. The number of sulfone groups is 1. The van der Waals surface area contributed by atoms with Crippen LogP contribution < -0.4 is 4.90 Å². The molecule has 0 atom stereocenters. The molecule has 3 rings (SSSR count). The van der Waals surface area contributed by atoms with Gasteiger partial charge in [0.1, 0.15) is 5.82 Å². The first kappa shape index (κ1) is 11.4. The standard InChI is InChI=1S/C10H13N5O2S/c1-15-5-3-4-6-7-8(14-13-6)11-10(12-9(7)15)18(2,16)17/h3-5H2,1-2H3,(H,11,12,13,14). The molecule has 8 heteroatoms. The molecule has 3 heterocycles. The van der Waals surface area contributed by atoms with Gasteiger partial charge in [0.15, 0.2) is 5.65 Å². The van der Waals surface area contributed by atoms with Crippen LogP contribution in [0.2, 0.25) is 0 Å². The molecule has 0 aliphatic carbocycles. The zero-order valence-corrected chi connectivity index (χ0v) is 11.0. The van der Waals surface area contributed by atoms with E-state index in [1.54, 1.807) is 0 Å². The van der Waals surface area contributed by atoms with E-state index in [-0.39, 0.29) is 5.16 Å². The third-order valence-electron chi connectivity index (χ3n) is 3.06. The van der Waals surface area contributed by atoms with Crippen LogP contribution in [0.5, 0.6) is 0 Å². The van der Waals surface area contributed by atoms with E-state index < -0.39 is 9.84 Å². The van der Waals surface area contributed by atoms with Crippen LogP contribution in [-0.4, -0.2) is 48.4 Å². The minimum atomic E-state index is -3.43. The summed E-state index contributed by atoms with van der Waals surface area (Å²) in [5.74, 6) is 0.640. The van der Waals surface area contributed by atoms with E-state index in [4.69, 9.17) is 0 Å². The molecular weight excluding hydrogens is 254 g/mol. The smallest absolute Gasteiger partial charge is 0.250 e. The van der Waals surface area contributed by atoms with Gasteiger partial charge in [-0.15, -0.1) is 0 Å². The molecule has 0 bridgehead atoms. The van der Waals surface area contributed by atoms with Crippen molar-refractivity contribution >= 4 is 26.7 Å². The summed E-state index contributed by atoms with van der Waals surface area (Å²) in [5, 5.41) is 7.66. The number of aryl methyl sites for hydroxylation is 1. The zero-order chi connectivity index (χ0) is 12.9. The molecule has 2 aromatic rings. The predicted octanol–water partition coefficient (Wildman–Crippen LogP) is 0.139. The highest BCUT2D eigenvalue weighted by Crippen LogP contribution is 2.29. The minimum absolute atomic E-state index is 0.170. The van der Waals surface area contributed by atoms with E-state index in [0.29, 0.717) is 11.5 Å². The quantitative estimate of drug-likeness (QED) is 0.739. The number of anilines is 1. The summed E-state index contributed by atoms with van der Waals surface area (Å²) in [5.41, 5.74) is 1.40. The van der Waals surface area contributed by atoms with Crippen molar-refractivity contribution in [3.63, 3.8) is 0 Å². The number of nitrogens with zero attached hydrogens (tertiary/aromatic N) is 4. The Morgan fingerprint density at radius 2 is 2.11 bits per heavy atom. The maximum Gasteiger partial charge on any atom is 0.250 e. The maximum atomic E-state index is 11.6. The highest BCUT2D eigenvalue weighted by Gasteiger charge is 2.23. The van der Waals surface area contributed by atoms with Gasteiger partial charge in [0.05, 0.1) is 5.39 Å². The van der Waals surface area contributed by atoms with Crippen LogP contribution in [0.25, 0.3) is 11.0 Å². The lowest BCUT2D eigenvalue weighted by Gasteiger charge is -2.16. The number of hydrogen-bond donors (Lipinski definition) is 1. The number of aromatic amines is 1. The van der Waals surface area contributed by atoms with Crippen molar-refractivity contribution < 1.29 is 8.42 Å². The van der Waals surface area contributed by atoms with E-state index in [1.165, 1.54) is 0 Å². The highest BCUT2D eigenvalue weighted by atomic mass is 32.2. The second-order valence-corrected chi connectivity index (χ2v) is 6.44. The van der Waals surface area contributed by atoms with Gasteiger partial charge < -0.3 is 4.90 Å². The fourth-order valence-corrected chi connectivity index (χ4v) is 2.67. The molecule has 0 radical (unpaired) electrons. The molecule has 1 N–H and O–H groups in total. The molecule has 7 nitrogen and oxygen atoms in total. The Kier molecular flexibility index (Phi) is 2.31. The van der Waals surface area contributed by atoms with Gasteiger partial charge in [0.2, 0.25) is 9.84 Å². The first-order valence-corrected chi connectivity index (χ1v) is 7.52. The molecule has 0 unspecified atom stereocenters. The van der Waals surface area contributed by atoms with Gasteiger partial charge in [-0.25, -0.2) is 13.4 Å². The summed E-state index contributed by atoms with van der Waals surface area (Å²) in [6.45, 7) is 0.831. The largest absolute Gasteiger partial charge is 0.359 e. The van der Waals surface area contributed by atoms with Gasteiger partial charge in [-0.3, -0.25) is 5.10 Å². The molecule has 0 aromatic carbocycles. The Hall–Kier alpha value is -1.70. The molecule has 0 saturated carbocycles. The van der Waals surface area contributed by atoms with Crippen molar-refractivity contribution in [3.8, 4) is 0 Å². The highest BCUT2D eigenvalue weighted by molar-refractivity contribution is 7.90. The van der Waals surface area contributed by atoms with Crippen LogP contribution >= 0.6 is 0 Å². The summed E-state index contributed by atoms with van der Waals surface area (Å²) in [6.07, 6.45) is 2.94. The Labute approximate surface area is 104 Å². The molecule has 1 aliphatic heterocycles. The van der Waals surface area contributed by atoms with E-state index in [9.17, 15) is 8.42 Å². The van der Waals surface area contributed by atoms with Crippen LogP contribution in [0.3, 0.4) is 0 Å². The molecule has 18 heavy (non-hydrogen) atoms. The second-order valence-electron chi connectivity index (χ2n) is 4.53. The summed E-state index contributed by atoms with van der Waals surface area (Å²) >= 11 is 0. The van der Waals surface area contributed by atoms with Crippen LogP contribution in [0.4, 0.5) is 5.82 Å². The van der Waals surface area contributed by atoms with Gasteiger partial charge in [0, 0.05) is 25.5 Å². The summed E-state index contributed by atoms with van der Waals surface area (Å²) < 4.78 is 23.2. The van der Waals surface area contributed by atoms with E-state index >= 15 is 0 Å². The van der Waals surface area contributed by atoms with Crippen molar-refractivity contribution in [1.82, 2.24) is 20.2 Å². The third-order valence-corrected chi connectivity index (χ3v) is 3.91. The molecule has 0 spiro atoms. The lowest BCUT2D eigenvalue weighted by Crippen LogP contribution is -2.20. The van der Waals surface area contributed by atoms with Crippen LogP contribution in [0.15, 0.2) is 5.16 Å². The fourth-order valence-electron chi connectivity index (χ4n) is 2.17. The van der Waals surface area contributed by atoms with Crippen molar-refractivity contribution in [2.75, 3.05) is 24.7 Å². The maximum absolute atomic E-state index is 11.6. The predicted molar refractivity (Wildman–Crippen MR) is 66.4 cm³/mol. The molecule has 2 aromatic heterocycles. The molecule has 1 aliphatic rings. The minimum Gasteiger partial charge on any atom is -0.359 e. The number of H-pyrrole nitrogens is 1. The van der Waals surface area contributed by atoms with Gasteiger partial charge in [0.25, 0.3) is 5.16 Å². The lowest BCUT2D eigenvalue weighted by molar-refractivity contribution is 0.593. The van der Waals surface area contributed by atoms with E-state index in [0.717, 1.165) is 36.7 Å². The van der Waals surface area contributed by atoms with Crippen molar-refractivity contribution in [1.29, 1.82) is 0 Å². The second kappa shape index (κ2) is 3.64. The van der Waals surface area contributed by atoms with Gasteiger partial charge in [-0.1, -0.05) is 0 Å². The first-order chi connectivity index (χ1) is 8.47. The third kappa shape index (κ3) is 1.64. The Balaban J connectivity index is 2.38. The Morgan fingerprint density at radius 1 is 1.33 bits per heavy atom. The Bertz CT molecular complexity index is 721. The van der Waals surface area contributed by atoms with Crippen molar-refractivity contribution in [3.05, 3.63) is 5.69 Å². The molecule has 0 saturated heterocycles. The SMILES string of the molecule is CN1CCCc2[nH]nc3nc(S(C)(=O)=O)nc1c23.